The van der Waals surface area contributed by atoms with Gasteiger partial charge in [-0.2, -0.15) is 4.98 Å². The number of nitrogens with zero attached hydrogens (tertiary/aromatic N) is 8. The molecule has 3 saturated heterocycles. The number of anilines is 5. The molecule has 1 unspecified atom stereocenters. The molecule has 18 heteroatoms. The number of fused-ring (bicyclic) bond motifs is 2. The number of benzene rings is 3. The Labute approximate surface area is 376 Å². The van der Waals surface area contributed by atoms with E-state index >= 15 is 0 Å². The van der Waals surface area contributed by atoms with Crippen LogP contribution >= 0.6 is 23.5 Å². The number of piperazine rings is 1. The van der Waals surface area contributed by atoms with Gasteiger partial charge in [-0.1, -0.05) is 12.1 Å². The van der Waals surface area contributed by atoms with Crippen molar-refractivity contribution in [3.63, 3.8) is 0 Å². The Kier molecular flexibility index (Phi) is 13.0. The number of nitrogens with one attached hydrogen (secondary N) is 3. The number of hydrogen-bond acceptors (Lipinski definition) is 15. The van der Waals surface area contributed by atoms with Gasteiger partial charge in [-0.3, -0.25) is 29.1 Å². The first-order chi connectivity index (χ1) is 30.6. The molecular weight excluding hydrogens is 885 g/mol. The topological polar surface area (TPSA) is 162 Å². The minimum absolute atomic E-state index is 0.195. The van der Waals surface area contributed by atoms with Crippen molar-refractivity contribution in [2.24, 2.45) is 0 Å². The SMILES string of the molecule is COc1cc(N2CCC(N3CCN(Cc4ccc5c(c4)CN(C4CCCNC4)C5=O)CC3)CC2)c(C)cc1Nc1ncc(Br)c(Nc2ccc3nccnc3c2P(=O)(OC)OC)n1. The van der Waals surface area contributed by atoms with Crippen LogP contribution in [-0.2, 0) is 26.7 Å². The van der Waals surface area contributed by atoms with Crippen molar-refractivity contribution in [1.29, 1.82) is 0 Å². The number of methoxy groups -OCH3 is 1. The van der Waals surface area contributed by atoms with Crippen molar-refractivity contribution >= 4 is 74.6 Å². The molecule has 0 radical (unpaired) electrons. The fourth-order valence-electron chi connectivity index (χ4n) is 9.61. The molecule has 3 aromatic carbocycles. The highest BCUT2D eigenvalue weighted by molar-refractivity contribution is 9.10. The molecule has 0 saturated carbocycles. The Balaban J connectivity index is 0.808. The van der Waals surface area contributed by atoms with E-state index in [4.69, 9.17) is 18.8 Å². The summed E-state index contributed by atoms with van der Waals surface area (Å²) in [5, 5.41) is 10.4. The van der Waals surface area contributed by atoms with E-state index in [0.29, 0.717) is 50.8 Å². The summed E-state index contributed by atoms with van der Waals surface area (Å²) >= 11 is 3.57. The minimum Gasteiger partial charge on any atom is -0.494 e. The summed E-state index contributed by atoms with van der Waals surface area (Å²) in [5.41, 5.74) is 7.75. The van der Waals surface area contributed by atoms with Crippen LogP contribution < -0.4 is 30.9 Å². The Morgan fingerprint density at radius 1 is 0.889 bits per heavy atom. The second kappa shape index (κ2) is 18.8. The highest BCUT2D eigenvalue weighted by Gasteiger charge is 2.35. The summed E-state index contributed by atoms with van der Waals surface area (Å²) in [6, 6.07) is 15.1. The Morgan fingerprint density at radius 3 is 2.43 bits per heavy atom. The van der Waals surface area contributed by atoms with Gasteiger partial charge in [-0.15, -0.1) is 0 Å². The van der Waals surface area contributed by atoms with Crippen LogP contribution in [0.25, 0.3) is 11.0 Å². The molecule has 6 heterocycles. The first-order valence-electron chi connectivity index (χ1n) is 21.7. The predicted molar refractivity (Wildman–Crippen MR) is 249 cm³/mol. The minimum atomic E-state index is -3.77. The average Bonchev–Trinajstić information content (AvgIpc) is 3.65. The van der Waals surface area contributed by atoms with Crippen LogP contribution in [0, 0.1) is 6.92 Å². The molecule has 4 aliphatic rings. The van der Waals surface area contributed by atoms with Gasteiger partial charge >= 0.3 is 7.60 Å². The van der Waals surface area contributed by atoms with E-state index in [1.54, 1.807) is 31.6 Å². The summed E-state index contributed by atoms with van der Waals surface area (Å²) in [6.45, 7) is 11.9. The Hall–Kier alpha value is -4.74. The molecule has 2 aromatic heterocycles. The number of halogens is 1. The first-order valence-corrected chi connectivity index (χ1v) is 24.0. The standard InChI is InChI=1S/C45H55BrN11O5P/c1-29-22-38(52-45-50-26-35(46)43(53-45)51-37-10-9-36-41(49-15-14-48-36)42(37)63(59,61-3)62-4)40(60-2)24-39(29)56-16-11-32(12-17-56)55-20-18-54(19-21-55)27-30-7-8-34-31(23-30)28-57(44(34)58)33-6-5-13-47-25-33/h7-10,14-15,22-24,26,32-33,47H,5-6,11-13,16-21,25,27-28H2,1-4H3,(H2,50,51,52,53). The molecule has 9 rings (SSSR count). The molecule has 3 N–H and O–H groups in total. The lowest BCUT2D eigenvalue weighted by Gasteiger charge is -2.43. The van der Waals surface area contributed by atoms with E-state index in [1.165, 1.54) is 31.5 Å². The van der Waals surface area contributed by atoms with Crippen LogP contribution in [0.3, 0.4) is 0 Å². The zero-order chi connectivity index (χ0) is 43.7. The Bertz CT molecular complexity index is 2520. The van der Waals surface area contributed by atoms with Gasteiger partial charge in [0.25, 0.3) is 5.91 Å². The van der Waals surface area contributed by atoms with E-state index in [-0.39, 0.29) is 11.2 Å². The van der Waals surface area contributed by atoms with Gasteiger partial charge in [0.2, 0.25) is 5.95 Å². The van der Waals surface area contributed by atoms with Gasteiger partial charge in [-0.05, 0) is 96.0 Å². The second-order valence-corrected chi connectivity index (χ2v) is 19.7. The van der Waals surface area contributed by atoms with Gasteiger partial charge < -0.3 is 39.5 Å². The number of hydrogen-bond donors (Lipinski definition) is 3. The number of ether oxygens (including phenoxy) is 1. The lowest BCUT2D eigenvalue weighted by molar-refractivity contribution is 0.0674. The number of piperidine rings is 2. The third-order valence-electron chi connectivity index (χ3n) is 13.0. The molecule has 1 amide bonds. The maximum absolute atomic E-state index is 13.8. The first kappa shape index (κ1) is 43.5. The summed E-state index contributed by atoms with van der Waals surface area (Å²) in [6.07, 6.45) is 9.16. The van der Waals surface area contributed by atoms with E-state index in [2.05, 4.69) is 104 Å². The van der Waals surface area contributed by atoms with Gasteiger partial charge in [0.15, 0.2) is 0 Å². The summed E-state index contributed by atoms with van der Waals surface area (Å²) < 4.78 is 31.1. The van der Waals surface area contributed by atoms with Crippen molar-refractivity contribution in [2.75, 3.05) is 89.2 Å². The average molecular weight is 941 g/mol. The fourth-order valence-corrected chi connectivity index (χ4v) is 11.3. The molecule has 63 heavy (non-hydrogen) atoms. The smallest absolute Gasteiger partial charge is 0.365 e. The van der Waals surface area contributed by atoms with Crippen molar-refractivity contribution in [3.8, 4) is 5.75 Å². The zero-order valence-electron chi connectivity index (χ0n) is 36.3. The quantitative estimate of drug-likeness (QED) is 0.108. The monoisotopic (exact) mass is 939 g/mol. The molecular formula is C45H55BrN11O5P. The van der Waals surface area contributed by atoms with Crippen LogP contribution in [0.2, 0.25) is 0 Å². The molecule has 332 valence electrons. The lowest BCUT2D eigenvalue weighted by Crippen LogP contribution is -2.53. The zero-order valence-corrected chi connectivity index (χ0v) is 38.8. The van der Waals surface area contributed by atoms with Gasteiger partial charge in [-0.25, -0.2) is 4.98 Å². The van der Waals surface area contributed by atoms with Crippen molar-refractivity contribution in [3.05, 3.63) is 87.8 Å². The molecule has 1 atom stereocenters. The third-order valence-corrected chi connectivity index (χ3v) is 15.5. The number of aryl methyl sites for hydroxylation is 1. The highest BCUT2D eigenvalue weighted by atomic mass is 79.9. The number of aromatic nitrogens is 4. The van der Waals surface area contributed by atoms with E-state index in [9.17, 15) is 9.36 Å². The molecule has 0 spiro atoms. The van der Waals surface area contributed by atoms with Gasteiger partial charge in [0.05, 0.1) is 28.5 Å². The van der Waals surface area contributed by atoms with Crippen molar-refractivity contribution in [2.45, 2.75) is 57.8 Å². The van der Waals surface area contributed by atoms with Crippen molar-refractivity contribution in [1.82, 2.24) is 40.0 Å². The van der Waals surface area contributed by atoms with Crippen LogP contribution in [0.15, 0.2) is 65.5 Å². The van der Waals surface area contributed by atoms with E-state index in [1.807, 2.05) is 0 Å². The number of rotatable bonds is 13. The van der Waals surface area contributed by atoms with Crippen LogP contribution in [-0.4, -0.2) is 126 Å². The van der Waals surface area contributed by atoms with Crippen molar-refractivity contribution < 1.29 is 23.1 Å². The second-order valence-electron chi connectivity index (χ2n) is 16.7. The number of carbonyl (C=O) groups is 1. The summed E-state index contributed by atoms with van der Waals surface area (Å²) in [7, 11) is 0.569. The summed E-state index contributed by atoms with van der Waals surface area (Å²) in [4.78, 5) is 41.1. The molecule has 16 nitrogen and oxygen atoms in total. The Morgan fingerprint density at radius 2 is 1.68 bits per heavy atom. The van der Waals surface area contributed by atoms with E-state index in [0.717, 1.165) is 114 Å². The molecule has 5 aromatic rings. The lowest BCUT2D eigenvalue weighted by atomic mass is 10.00. The third kappa shape index (κ3) is 9.02. The predicted octanol–water partition coefficient (Wildman–Crippen LogP) is 6.59. The van der Waals surface area contributed by atoms with Crippen LogP contribution in [0.4, 0.5) is 28.8 Å². The largest absolute Gasteiger partial charge is 0.494 e. The molecule has 3 fully saturated rings. The molecule has 4 aliphatic heterocycles. The van der Waals surface area contributed by atoms with Crippen LogP contribution in [0.1, 0.15) is 52.7 Å². The van der Waals surface area contributed by atoms with Crippen LogP contribution in [0.5, 0.6) is 5.75 Å². The molecule has 0 aliphatic carbocycles. The number of carbonyl (C=O) groups excluding carboxylic acids is 1. The van der Waals surface area contributed by atoms with Gasteiger partial charge in [0, 0.05) is 121 Å². The molecule has 0 bridgehead atoms. The maximum Gasteiger partial charge on any atom is 0.365 e. The van der Waals surface area contributed by atoms with E-state index < -0.39 is 7.60 Å². The van der Waals surface area contributed by atoms with Gasteiger partial charge in [0.1, 0.15) is 22.4 Å². The maximum atomic E-state index is 13.8. The fraction of sp³-hybridized carbons (Fsp3) is 0.444. The summed E-state index contributed by atoms with van der Waals surface area (Å²) in [5.74, 6) is 1.63. The number of amides is 1. The normalized spacial score (nSPS) is 19.1. The highest BCUT2D eigenvalue weighted by Crippen LogP contribution is 2.49.